The van der Waals surface area contributed by atoms with Gasteiger partial charge in [-0.15, -0.1) is 11.3 Å². The number of amides is 1. The van der Waals surface area contributed by atoms with Crippen molar-refractivity contribution in [2.24, 2.45) is 0 Å². The molecule has 0 aliphatic heterocycles. The van der Waals surface area contributed by atoms with Gasteiger partial charge in [0.05, 0.1) is 26.9 Å². The van der Waals surface area contributed by atoms with Gasteiger partial charge in [-0.1, -0.05) is 24.3 Å². The van der Waals surface area contributed by atoms with Crippen molar-refractivity contribution in [2.45, 2.75) is 25.8 Å². The highest BCUT2D eigenvalue weighted by atomic mass is 32.1. The van der Waals surface area contributed by atoms with Gasteiger partial charge in [0, 0.05) is 13.0 Å². The number of thiazole rings is 1. The van der Waals surface area contributed by atoms with Crippen LogP contribution in [0, 0.1) is 11.3 Å². The van der Waals surface area contributed by atoms with E-state index in [-0.39, 0.29) is 5.91 Å². The lowest BCUT2D eigenvalue weighted by molar-refractivity contribution is -0.121. The molecule has 0 saturated heterocycles. The number of aryl methyl sites for hydroxylation is 1. The van der Waals surface area contributed by atoms with Crippen molar-refractivity contribution in [2.75, 3.05) is 0 Å². The Balaban J connectivity index is 1.44. The number of fused-ring (bicyclic) bond motifs is 1. The summed E-state index contributed by atoms with van der Waals surface area (Å²) >= 11 is 1.69. The normalized spacial score (nSPS) is 10.5. The zero-order valence-electron chi connectivity index (χ0n) is 13.2. The summed E-state index contributed by atoms with van der Waals surface area (Å²) < 4.78 is 1.19. The van der Waals surface area contributed by atoms with Gasteiger partial charge in [-0.2, -0.15) is 5.26 Å². The van der Waals surface area contributed by atoms with Crippen LogP contribution < -0.4 is 5.32 Å². The molecule has 2 aromatic carbocycles. The Morgan fingerprint density at radius 3 is 2.92 bits per heavy atom. The number of nitrogens with zero attached hydrogens (tertiary/aromatic N) is 2. The third-order valence-electron chi connectivity index (χ3n) is 3.68. The van der Waals surface area contributed by atoms with E-state index in [1.165, 1.54) is 4.70 Å². The van der Waals surface area contributed by atoms with Gasteiger partial charge in [-0.25, -0.2) is 4.98 Å². The molecule has 0 aliphatic rings. The highest BCUT2D eigenvalue weighted by Gasteiger charge is 2.06. The number of hydrogen-bond donors (Lipinski definition) is 1. The van der Waals surface area contributed by atoms with Crippen LogP contribution in [0.15, 0.2) is 48.5 Å². The summed E-state index contributed by atoms with van der Waals surface area (Å²) in [6, 6.07) is 17.5. The van der Waals surface area contributed by atoms with Gasteiger partial charge in [0.2, 0.25) is 5.91 Å². The molecule has 3 aromatic rings. The molecular formula is C19H17N3OS. The number of carbonyl (C=O) groups excluding carboxylic acids is 1. The van der Waals surface area contributed by atoms with Crippen LogP contribution in [0.4, 0.5) is 0 Å². The minimum atomic E-state index is 0.0264. The Morgan fingerprint density at radius 1 is 1.21 bits per heavy atom. The summed E-state index contributed by atoms with van der Waals surface area (Å²) in [5, 5.41) is 12.8. The number of carbonyl (C=O) groups is 1. The standard InChI is InChI=1S/C19H17N3OS/c20-12-14-5-3-6-15(11-14)13-21-18(23)9-4-10-19-22-16-7-1-2-8-17(16)24-19/h1-3,5-8,11H,4,9-10,13H2,(H,21,23). The number of aromatic nitrogens is 1. The van der Waals surface area contributed by atoms with Gasteiger partial charge in [0.25, 0.3) is 0 Å². The first-order valence-electron chi connectivity index (χ1n) is 7.85. The molecule has 4 nitrogen and oxygen atoms in total. The molecular weight excluding hydrogens is 318 g/mol. The van der Waals surface area contributed by atoms with E-state index >= 15 is 0 Å². The summed E-state index contributed by atoms with van der Waals surface area (Å²) in [6.45, 7) is 0.454. The maximum atomic E-state index is 11.9. The van der Waals surface area contributed by atoms with Gasteiger partial charge in [-0.3, -0.25) is 4.79 Å². The lowest BCUT2D eigenvalue weighted by atomic mass is 10.1. The van der Waals surface area contributed by atoms with Crippen LogP contribution in [-0.4, -0.2) is 10.9 Å². The van der Waals surface area contributed by atoms with Crippen molar-refractivity contribution in [3.8, 4) is 6.07 Å². The fourth-order valence-electron chi connectivity index (χ4n) is 2.47. The van der Waals surface area contributed by atoms with E-state index < -0.39 is 0 Å². The van der Waals surface area contributed by atoms with E-state index in [0.29, 0.717) is 18.5 Å². The zero-order valence-corrected chi connectivity index (χ0v) is 14.0. The number of para-hydroxylation sites is 1. The molecule has 3 rings (SSSR count). The van der Waals surface area contributed by atoms with Crippen molar-refractivity contribution < 1.29 is 4.79 Å². The van der Waals surface area contributed by atoms with Crippen LogP contribution in [0.1, 0.15) is 29.0 Å². The molecule has 24 heavy (non-hydrogen) atoms. The van der Waals surface area contributed by atoms with Crippen LogP contribution in [0.2, 0.25) is 0 Å². The minimum absolute atomic E-state index is 0.0264. The van der Waals surface area contributed by atoms with E-state index in [0.717, 1.165) is 28.9 Å². The average Bonchev–Trinajstić information content (AvgIpc) is 3.03. The third kappa shape index (κ3) is 4.18. The smallest absolute Gasteiger partial charge is 0.220 e. The van der Waals surface area contributed by atoms with Gasteiger partial charge in [0.1, 0.15) is 0 Å². The van der Waals surface area contributed by atoms with Crippen LogP contribution in [0.5, 0.6) is 0 Å². The van der Waals surface area contributed by atoms with Crippen LogP contribution in [0.3, 0.4) is 0 Å². The largest absolute Gasteiger partial charge is 0.352 e. The molecule has 0 bridgehead atoms. The lowest BCUT2D eigenvalue weighted by Gasteiger charge is -2.05. The van der Waals surface area contributed by atoms with E-state index in [1.54, 1.807) is 23.5 Å². The Bertz CT molecular complexity index is 862. The van der Waals surface area contributed by atoms with Crippen molar-refractivity contribution in [1.29, 1.82) is 5.26 Å². The molecule has 0 radical (unpaired) electrons. The van der Waals surface area contributed by atoms with Crippen molar-refractivity contribution in [3.63, 3.8) is 0 Å². The summed E-state index contributed by atoms with van der Waals surface area (Å²) in [7, 11) is 0. The SMILES string of the molecule is N#Cc1cccc(CNC(=O)CCCc2nc3ccccc3s2)c1. The second-order valence-electron chi connectivity index (χ2n) is 5.52. The Labute approximate surface area is 144 Å². The van der Waals surface area contributed by atoms with E-state index in [2.05, 4.69) is 22.4 Å². The number of benzene rings is 2. The van der Waals surface area contributed by atoms with Crippen LogP contribution >= 0.6 is 11.3 Å². The van der Waals surface area contributed by atoms with Gasteiger partial charge >= 0.3 is 0 Å². The Hall–Kier alpha value is -2.71. The summed E-state index contributed by atoms with van der Waals surface area (Å²) in [4.78, 5) is 16.5. The molecule has 0 spiro atoms. The fraction of sp³-hybridized carbons (Fsp3) is 0.211. The average molecular weight is 335 g/mol. The molecule has 1 N–H and O–H groups in total. The summed E-state index contributed by atoms with van der Waals surface area (Å²) in [6.07, 6.45) is 2.08. The quantitative estimate of drug-likeness (QED) is 0.745. The molecule has 1 amide bonds. The molecule has 120 valence electrons. The van der Waals surface area contributed by atoms with Gasteiger partial charge in [0.15, 0.2) is 0 Å². The number of hydrogen-bond acceptors (Lipinski definition) is 4. The maximum absolute atomic E-state index is 11.9. The number of nitriles is 1. The fourth-order valence-corrected chi connectivity index (χ4v) is 3.48. The van der Waals surface area contributed by atoms with Gasteiger partial charge in [-0.05, 0) is 42.7 Å². The first-order valence-corrected chi connectivity index (χ1v) is 8.66. The van der Waals surface area contributed by atoms with Gasteiger partial charge < -0.3 is 5.32 Å². The van der Waals surface area contributed by atoms with Crippen LogP contribution in [-0.2, 0) is 17.8 Å². The summed E-state index contributed by atoms with van der Waals surface area (Å²) in [5.41, 5.74) is 2.57. The third-order valence-corrected chi connectivity index (χ3v) is 4.77. The van der Waals surface area contributed by atoms with Crippen LogP contribution in [0.25, 0.3) is 10.2 Å². The van der Waals surface area contributed by atoms with E-state index in [1.807, 2.05) is 30.3 Å². The maximum Gasteiger partial charge on any atom is 0.220 e. The first kappa shape index (κ1) is 16.2. The van der Waals surface area contributed by atoms with E-state index in [9.17, 15) is 4.79 Å². The van der Waals surface area contributed by atoms with Crippen molar-refractivity contribution >= 4 is 27.5 Å². The predicted molar refractivity (Wildman–Crippen MR) is 95.6 cm³/mol. The monoisotopic (exact) mass is 335 g/mol. The molecule has 0 atom stereocenters. The molecule has 0 unspecified atom stereocenters. The highest BCUT2D eigenvalue weighted by molar-refractivity contribution is 7.18. The highest BCUT2D eigenvalue weighted by Crippen LogP contribution is 2.22. The summed E-state index contributed by atoms with van der Waals surface area (Å²) in [5.74, 6) is 0.0264. The molecule has 5 heteroatoms. The van der Waals surface area contributed by atoms with Crippen molar-refractivity contribution in [1.82, 2.24) is 10.3 Å². The second-order valence-corrected chi connectivity index (χ2v) is 6.63. The molecule has 0 fully saturated rings. The number of rotatable bonds is 6. The van der Waals surface area contributed by atoms with E-state index in [4.69, 9.17) is 5.26 Å². The minimum Gasteiger partial charge on any atom is -0.352 e. The zero-order chi connectivity index (χ0) is 16.8. The predicted octanol–water partition coefficient (Wildman–Crippen LogP) is 3.81. The second kappa shape index (κ2) is 7.71. The molecule has 1 aromatic heterocycles. The molecule has 0 saturated carbocycles. The Kier molecular flexibility index (Phi) is 5.19. The molecule has 1 heterocycles. The first-order chi connectivity index (χ1) is 11.7. The Morgan fingerprint density at radius 2 is 2.08 bits per heavy atom. The molecule has 0 aliphatic carbocycles. The number of nitrogens with one attached hydrogen (secondary N) is 1. The van der Waals surface area contributed by atoms with Crippen molar-refractivity contribution in [3.05, 3.63) is 64.7 Å². The lowest BCUT2D eigenvalue weighted by Crippen LogP contribution is -2.22. The topological polar surface area (TPSA) is 65.8 Å².